The molecule has 0 radical (unpaired) electrons. The lowest BCUT2D eigenvalue weighted by Crippen LogP contribution is -2.48. The standard InChI is InChI=1S/C15H29N3/c1-2-11-17-12-7-5-3-4-6-8-13-18-14-9-10-16-15(17)18/h2-14H2,1H3. The second-order valence-electron chi connectivity index (χ2n) is 5.63. The molecule has 0 amide bonds. The van der Waals surface area contributed by atoms with Gasteiger partial charge in [-0.05, 0) is 25.7 Å². The number of guanidine groups is 1. The van der Waals surface area contributed by atoms with Crippen LogP contribution >= 0.6 is 0 Å². The second-order valence-corrected chi connectivity index (χ2v) is 5.63. The van der Waals surface area contributed by atoms with Gasteiger partial charge in [0.05, 0.1) is 0 Å². The van der Waals surface area contributed by atoms with Crippen LogP contribution < -0.4 is 0 Å². The van der Waals surface area contributed by atoms with Crippen LogP contribution in [0.3, 0.4) is 0 Å². The molecule has 2 heterocycles. The average molecular weight is 251 g/mol. The first-order chi connectivity index (χ1) is 8.92. The molecule has 3 nitrogen and oxygen atoms in total. The van der Waals surface area contributed by atoms with E-state index in [0.29, 0.717) is 0 Å². The lowest BCUT2D eigenvalue weighted by atomic mass is 10.1. The van der Waals surface area contributed by atoms with Crippen molar-refractivity contribution in [1.29, 1.82) is 0 Å². The molecule has 1 fully saturated rings. The quantitative estimate of drug-likeness (QED) is 0.751. The lowest BCUT2D eigenvalue weighted by Gasteiger charge is -2.36. The lowest BCUT2D eigenvalue weighted by molar-refractivity contribution is 0.294. The van der Waals surface area contributed by atoms with E-state index in [1.165, 1.54) is 83.5 Å². The van der Waals surface area contributed by atoms with Crippen molar-refractivity contribution in [2.24, 2.45) is 4.99 Å². The summed E-state index contributed by atoms with van der Waals surface area (Å²) in [6.45, 7) is 8.14. The van der Waals surface area contributed by atoms with Crippen molar-refractivity contribution >= 4 is 5.96 Å². The monoisotopic (exact) mass is 251 g/mol. The van der Waals surface area contributed by atoms with Crippen LogP contribution in [-0.4, -0.2) is 48.5 Å². The van der Waals surface area contributed by atoms with Gasteiger partial charge in [-0.3, -0.25) is 4.99 Å². The van der Waals surface area contributed by atoms with E-state index in [9.17, 15) is 0 Å². The molecule has 2 aliphatic rings. The molecule has 0 aliphatic carbocycles. The maximum absolute atomic E-state index is 4.82. The molecule has 2 aliphatic heterocycles. The van der Waals surface area contributed by atoms with Gasteiger partial charge in [-0.1, -0.05) is 32.6 Å². The van der Waals surface area contributed by atoms with Crippen molar-refractivity contribution < 1.29 is 0 Å². The molecule has 0 saturated carbocycles. The van der Waals surface area contributed by atoms with Crippen LogP contribution in [0.5, 0.6) is 0 Å². The molecule has 0 N–H and O–H groups in total. The topological polar surface area (TPSA) is 18.8 Å². The number of fused-ring (bicyclic) bond motifs is 1. The van der Waals surface area contributed by atoms with Crippen molar-refractivity contribution in [3.63, 3.8) is 0 Å². The minimum Gasteiger partial charge on any atom is -0.343 e. The third-order valence-electron chi connectivity index (χ3n) is 4.00. The Morgan fingerprint density at radius 1 is 0.889 bits per heavy atom. The summed E-state index contributed by atoms with van der Waals surface area (Å²) in [4.78, 5) is 9.92. The smallest absolute Gasteiger partial charge is 0.196 e. The summed E-state index contributed by atoms with van der Waals surface area (Å²) in [7, 11) is 0. The van der Waals surface area contributed by atoms with Gasteiger partial charge in [0, 0.05) is 32.7 Å². The molecule has 18 heavy (non-hydrogen) atoms. The zero-order valence-corrected chi connectivity index (χ0v) is 12.0. The van der Waals surface area contributed by atoms with Crippen molar-refractivity contribution in [3.8, 4) is 0 Å². The summed E-state index contributed by atoms with van der Waals surface area (Å²) in [5.41, 5.74) is 0. The number of rotatable bonds is 2. The number of nitrogens with zero attached hydrogens (tertiary/aromatic N) is 3. The van der Waals surface area contributed by atoms with Crippen molar-refractivity contribution in [1.82, 2.24) is 9.80 Å². The third kappa shape index (κ3) is 3.89. The van der Waals surface area contributed by atoms with Crippen LogP contribution in [0.4, 0.5) is 0 Å². The van der Waals surface area contributed by atoms with Crippen LogP contribution in [0.1, 0.15) is 58.3 Å². The van der Waals surface area contributed by atoms with Gasteiger partial charge in [0.2, 0.25) is 0 Å². The van der Waals surface area contributed by atoms with E-state index in [0.717, 1.165) is 6.54 Å². The van der Waals surface area contributed by atoms with E-state index in [4.69, 9.17) is 4.99 Å². The highest BCUT2D eigenvalue weighted by Crippen LogP contribution is 2.14. The molecule has 0 spiro atoms. The maximum atomic E-state index is 4.82. The van der Waals surface area contributed by atoms with Gasteiger partial charge < -0.3 is 9.80 Å². The van der Waals surface area contributed by atoms with Crippen molar-refractivity contribution in [2.75, 3.05) is 32.7 Å². The maximum Gasteiger partial charge on any atom is 0.196 e. The first-order valence-electron chi connectivity index (χ1n) is 7.96. The Hall–Kier alpha value is -0.730. The summed E-state index contributed by atoms with van der Waals surface area (Å²) < 4.78 is 0. The molecule has 104 valence electrons. The first-order valence-corrected chi connectivity index (χ1v) is 7.96. The summed E-state index contributed by atoms with van der Waals surface area (Å²) >= 11 is 0. The Bertz CT molecular complexity index is 262. The highest BCUT2D eigenvalue weighted by Gasteiger charge is 2.20. The summed E-state index contributed by atoms with van der Waals surface area (Å²) in [5.74, 6) is 1.31. The average Bonchev–Trinajstić information content (AvgIpc) is 2.44. The van der Waals surface area contributed by atoms with Crippen LogP contribution in [0.2, 0.25) is 0 Å². The molecule has 2 rings (SSSR count). The fraction of sp³-hybridized carbons (Fsp3) is 0.933. The highest BCUT2D eigenvalue weighted by molar-refractivity contribution is 5.80. The molecule has 0 atom stereocenters. The van der Waals surface area contributed by atoms with Crippen LogP contribution in [-0.2, 0) is 0 Å². The fourth-order valence-corrected chi connectivity index (χ4v) is 3.05. The van der Waals surface area contributed by atoms with E-state index in [-0.39, 0.29) is 0 Å². The van der Waals surface area contributed by atoms with E-state index in [1.54, 1.807) is 0 Å². The SMILES string of the molecule is CCCN1CCCCCCCCN2CCCN=C12. The second kappa shape index (κ2) is 7.65. The van der Waals surface area contributed by atoms with Gasteiger partial charge in [-0.2, -0.15) is 0 Å². The molecular formula is C15H29N3. The zero-order chi connectivity index (χ0) is 12.6. The van der Waals surface area contributed by atoms with Crippen LogP contribution in [0.15, 0.2) is 4.99 Å². The van der Waals surface area contributed by atoms with Gasteiger partial charge in [0.25, 0.3) is 0 Å². The molecule has 0 aromatic rings. The van der Waals surface area contributed by atoms with Crippen LogP contribution in [0, 0.1) is 0 Å². The Labute approximate surface area is 112 Å². The van der Waals surface area contributed by atoms with E-state index in [2.05, 4.69) is 16.7 Å². The van der Waals surface area contributed by atoms with Gasteiger partial charge in [0.1, 0.15) is 0 Å². The van der Waals surface area contributed by atoms with Gasteiger partial charge in [-0.15, -0.1) is 0 Å². The molecule has 3 heteroatoms. The van der Waals surface area contributed by atoms with Gasteiger partial charge in [-0.25, -0.2) is 0 Å². The molecular weight excluding hydrogens is 222 g/mol. The Morgan fingerprint density at radius 3 is 2.33 bits per heavy atom. The Kier molecular flexibility index (Phi) is 5.82. The molecule has 0 unspecified atom stereocenters. The third-order valence-corrected chi connectivity index (χ3v) is 4.00. The van der Waals surface area contributed by atoms with E-state index >= 15 is 0 Å². The summed E-state index contributed by atoms with van der Waals surface area (Å²) in [6.07, 6.45) is 10.8. The predicted octanol–water partition coefficient (Wildman–Crippen LogP) is 3.11. The minimum atomic E-state index is 1.03. The van der Waals surface area contributed by atoms with E-state index < -0.39 is 0 Å². The van der Waals surface area contributed by atoms with Crippen molar-refractivity contribution in [2.45, 2.75) is 58.3 Å². The zero-order valence-electron chi connectivity index (χ0n) is 12.0. The molecule has 0 aromatic heterocycles. The van der Waals surface area contributed by atoms with E-state index in [1.807, 2.05) is 0 Å². The Balaban J connectivity index is 2.04. The first kappa shape index (κ1) is 13.7. The minimum absolute atomic E-state index is 1.03. The molecule has 1 saturated heterocycles. The summed E-state index contributed by atoms with van der Waals surface area (Å²) in [5, 5.41) is 0. The molecule has 0 aromatic carbocycles. The number of aliphatic imine (C=N–C) groups is 1. The largest absolute Gasteiger partial charge is 0.343 e. The normalized spacial score (nSPS) is 23.1. The fourth-order valence-electron chi connectivity index (χ4n) is 3.05. The number of hydrogen-bond donors (Lipinski definition) is 0. The summed E-state index contributed by atoms with van der Waals surface area (Å²) in [6, 6.07) is 0. The van der Waals surface area contributed by atoms with Crippen molar-refractivity contribution in [3.05, 3.63) is 0 Å². The Morgan fingerprint density at radius 2 is 1.56 bits per heavy atom. The predicted molar refractivity (Wildman–Crippen MR) is 78.1 cm³/mol. The van der Waals surface area contributed by atoms with Crippen LogP contribution in [0.25, 0.3) is 0 Å². The number of hydrogen-bond acceptors (Lipinski definition) is 3. The van der Waals surface area contributed by atoms with Gasteiger partial charge >= 0.3 is 0 Å². The van der Waals surface area contributed by atoms with Gasteiger partial charge in [0.15, 0.2) is 5.96 Å². The highest BCUT2D eigenvalue weighted by atomic mass is 15.4. The molecule has 0 bridgehead atoms.